The van der Waals surface area contributed by atoms with Crippen molar-refractivity contribution in [1.29, 1.82) is 0 Å². The van der Waals surface area contributed by atoms with E-state index in [9.17, 15) is 5.11 Å². The van der Waals surface area contributed by atoms with Crippen LogP contribution in [0, 0.1) is 6.92 Å². The minimum Gasteiger partial charge on any atom is -0.494 e. The molecule has 2 rings (SSSR count). The molecule has 0 spiro atoms. The zero-order chi connectivity index (χ0) is 12.3. The number of hydrogen-bond acceptors (Lipinski definition) is 4. The van der Waals surface area contributed by atoms with Crippen molar-refractivity contribution in [2.24, 2.45) is 0 Å². The molecule has 1 aromatic carbocycles. The van der Waals surface area contributed by atoms with Crippen molar-refractivity contribution in [3.63, 3.8) is 0 Å². The Morgan fingerprint density at radius 1 is 1.35 bits per heavy atom. The zero-order valence-corrected chi connectivity index (χ0v) is 10.7. The molecule has 4 heteroatoms. The summed E-state index contributed by atoms with van der Waals surface area (Å²) in [6.45, 7) is 4.51. The molecular formula is C13H15NO2S. The zero-order valence-electron chi connectivity index (χ0n) is 9.88. The van der Waals surface area contributed by atoms with Crippen molar-refractivity contribution in [2.75, 3.05) is 6.61 Å². The molecule has 90 valence electrons. The second kappa shape index (κ2) is 5.29. The minimum atomic E-state index is -0.649. The van der Waals surface area contributed by atoms with Crippen molar-refractivity contribution < 1.29 is 9.84 Å². The predicted octanol–water partition coefficient (Wildman–Crippen LogP) is 2.93. The highest BCUT2D eigenvalue weighted by Crippen LogP contribution is 2.26. The smallest absolute Gasteiger partial charge is 0.131 e. The molecule has 1 N–H and O–H groups in total. The largest absolute Gasteiger partial charge is 0.494 e. The van der Waals surface area contributed by atoms with Crippen molar-refractivity contribution in [3.8, 4) is 5.75 Å². The van der Waals surface area contributed by atoms with Gasteiger partial charge in [0.05, 0.1) is 6.61 Å². The average Bonchev–Trinajstić information content (AvgIpc) is 2.76. The van der Waals surface area contributed by atoms with Crippen LogP contribution in [-0.4, -0.2) is 16.7 Å². The summed E-state index contributed by atoms with van der Waals surface area (Å²) in [5.74, 6) is 0.818. The van der Waals surface area contributed by atoms with Gasteiger partial charge in [-0.15, -0.1) is 11.3 Å². The Morgan fingerprint density at radius 2 is 2.06 bits per heavy atom. The monoisotopic (exact) mass is 249 g/mol. The Hall–Kier alpha value is -1.39. The van der Waals surface area contributed by atoms with Crippen LogP contribution in [0.5, 0.6) is 5.75 Å². The van der Waals surface area contributed by atoms with Crippen LogP contribution < -0.4 is 4.74 Å². The third kappa shape index (κ3) is 2.84. The van der Waals surface area contributed by atoms with Gasteiger partial charge in [0.2, 0.25) is 0 Å². The van der Waals surface area contributed by atoms with Crippen molar-refractivity contribution in [3.05, 3.63) is 45.9 Å². The summed E-state index contributed by atoms with van der Waals surface area (Å²) in [7, 11) is 0. The second-order valence-corrected chi connectivity index (χ2v) is 4.62. The van der Waals surface area contributed by atoms with Gasteiger partial charge in [0.25, 0.3) is 0 Å². The highest BCUT2D eigenvalue weighted by Gasteiger charge is 2.13. The van der Waals surface area contributed by atoms with Crippen LogP contribution in [0.3, 0.4) is 0 Å². The fraction of sp³-hybridized carbons (Fsp3) is 0.308. The van der Waals surface area contributed by atoms with E-state index >= 15 is 0 Å². The normalized spacial score (nSPS) is 12.4. The van der Waals surface area contributed by atoms with Gasteiger partial charge in [0, 0.05) is 11.1 Å². The van der Waals surface area contributed by atoms with Gasteiger partial charge in [-0.1, -0.05) is 12.1 Å². The van der Waals surface area contributed by atoms with Crippen molar-refractivity contribution in [1.82, 2.24) is 4.98 Å². The van der Waals surface area contributed by atoms with E-state index in [1.807, 2.05) is 43.5 Å². The topological polar surface area (TPSA) is 42.4 Å². The summed E-state index contributed by atoms with van der Waals surface area (Å²) in [5.41, 5.74) is 1.78. The lowest BCUT2D eigenvalue weighted by molar-refractivity contribution is 0.219. The number of ether oxygens (including phenoxy) is 1. The van der Waals surface area contributed by atoms with Gasteiger partial charge in [-0.2, -0.15) is 0 Å². The van der Waals surface area contributed by atoms with E-state index in [0.29, 0.717) is 6.61 Å². The average molecular weight is 249 g/mol. The molecule has 1 heterocycles. The third-order valence-corrected chi connectivity index (χ3v) is 3.39. The molecule has 0 fully saturated rings. The number of hydrogen-bond donors (Lipinski definition) is 1. The lowest BCUT2D eigenvalue weighted by Gasteiger charge is -2.09. The Bertz CT molecular complexity index is 478. The molecule has 0 amide bonds. The van der Waals surface area contributed by atoms with Crippen LogP contribution in [0.4, 0.5) is 0 Å². The summed E-state index contributed by atoms with van der Waals surface area (Å²) in [5, 5.41) is 12.8. The number of aliphatic hydroxyl groups is 1. The molecule has 0 aliphatic carbocycles. The van der Waals surface area contributed by atoms with E-state index in [2.05, 4.69) is 4.98 Å². The Balaban J connectivity index is 2.16. The number of aryl methyl sites for hydroxylation is 1. The van der Waals surface area contributed by atoms with Crippen molar-refractivity contribution in [2.45, 2.75) is 20.0 Å². The van der Waals surface area contributed by atoms with Gasteiger partial charge in [-0.05, 0) is 31.5 Å². The Morgan fingerprint density at radius 3 is 2.59 bits per heavy atom. The summed E-state index contributed by atoms with van der Waals surface area (Å²) >= 11 is 1.47. The molecule has 1 unspecified atom stereocenters. The van der Waals surface area contributed by atoms with Gasteiger partial charge in [-0.25, -0.2) is 4.98 Å². The first-order valence-corrected chi connectivity index (χ1v) is 6.41. The molecule has 1 aromatic heterocycles. The summed E-state index contributed by atoms with van der Waals surface area (Å²) < 4.78 is 5.36. The standard InChI is InChI=1S/C13H15NO2S/c1-3-16-11-6-4-10(5-7-11)12(15)13-14-9(2)8-17-13/h4-8,12,15H,3H2,1-2H3. The number of aromatic nitrogens is 1. The van der Waals surface area contributed by atoms with Gasteiger partial charge in [0.1, 0.15) is 16.9 Å². The minimum absolute atomic E-state index is 0.646. The molecule has 2 aromatic rings. The lowest BCUT2D eigenvalue weighted by Crippen LogP contribution is -1.99. The van der Waals surface area contributed by atoms with Gasteiger partial charge >= 0.3 is 0 Å². The third-order valence-electron chi connectivity index (χ3n) is 2.38. The Kier molecular flexibility index (Phi) is 3.76. The SMILES string of the molecule is CCOc1ccc(C(O)c2nc(C)cs2)cc1. The molecule has 0 bridgehead atoms. The maximum Gasteiger partial charge on any atom is 0.131 e. The van der Waals surface area contributed by atoms with Gasteiger partial charge in [0.15, 0.2) is 0 Å². The fourth-order valence-corrected chi connectivity index (χ4v) is 2.36. The van der Waals surface area contributed by atoms with E-state index in [-0.39, 0.29) is 0 Å². The van der Waals surface area contributed by atoms with Crippen LogP contribution in [0.25, 0.3) is 0 Å². The van der Waals surface area contributed by atoms with Crippen LogP contribution >= 0.6 is 11.3 Å². The fourth-order valence-electron chi connectivity index (χ4n) is 1.55. The van der Waals surface area contributed by atoms with Crippen LogP contribution in [0.1, 0.15) is 29.3 Å². The Labute approximate surface area is 105 Å². The van der Waals surface area contributed by atoms with Gasteiger partial charge in [-0.3, -0.25) is 0 Å². The maximum absolute atomic E-state index is 10.1. The van der Waals surface area contributed by atoms with E-state index in [1.54, 1.807) is 0 Å². The van der Waals surface area contributed by atoms with Crippen molar-refractivity contribution >= 4 is 11.3 Å². The van der Waals surface area contributed by atoms with E-state index < -0.39 is 6.10 Å². The molecule has 3 nitrogen and oxygen atoms in total. The molecule has 1 atom stereocenters. The molecule has 0 aliphatic heterocycles. The number of nitrogens with zero attached hydrogens (tertiary/aromatic N) is 1. The number of rotatable bonds is 4. The first-order chi connectivity index (χ1) is 8.20. The summed E-state index contributed by atoms with van der Waals surface area (Å²) in [6.07, 6.45) is -0.649. The van der Waals surface area contributed by atoms with Crippen LogP contribution in [0.2, 0.25) is 0 Å². The predicted molar refractivity (Wildman–Crippen MR) is 68.5 cm³/mol. The lowest BCUT2D eigenvalue weighted by atomic mass is 10.1. The van der Waals surface area contributed by atoms with E-state index in [1.165, 1.54) is 11.3 Å². The maximum atomic E-state index is 10.1. The highest BCUT2D eigenvalue weighted by molar-refractivity contribution is 7.09. The van der Waals surface area contributed by atoms with E-state index in [0.717, 1.165) is 22.0 Å². The van der Waals surface area contributed by atoms with Gasteiger partial charge < -0.3 is 9.84 Å². The molecule has 17 heavy (non-hydrogen) atoms. The summed E-state index contributed by atoms with van der Waals surface area (Å²) in [6, 6.07) is 7.46. The highest BCUT2D eigenvalue weighted by atomic mass is 32.1. The number of benzene rings is 1. The van der Waals surface area contributed by atoms with Crippen LogP contribution in [-0.2, 0) is 0 Å². The molecule has 0 saturated carbocycles. The number of thiazole rings is 1. The first-order valence-electron chi connectivity index (χ1n) is 5.53. The molecule has 0 aliphatic rings. The first kappa shape index (κ1) is 12.1. The van der Waals surface area contributed by atoms with Crippen LogP contribution in [0.15, 0.2) is 29.6 Å². The molecule has 0 saturated heterocycles. The van der Waals surface area contributed by atoms with E-state index in [4.69, 9.17) is 4.74 Å². The number of aliphatic hydroxyl groups excluding tert-OH is 1. The summed E-state index contributed by atoms with van der Waals surface area (Å²) in [4.78, 5) is 4.28. The quantitative estimate of drug-likeness (QED) is 0.906. The second-order valence-electron chi connectivity index (χ2n) is 3.73. The molecule has 0 radical (unpaired) electrons. The molecular weight excluding hydrogens is 234 g/mol.